The molecule has 0 spiro atoms. The van der Waals surface area contributed by atoms with Crippen LogP contribution < -0.4 is 14.4 Å². The SMILES string of the molecule is Cc1ccc(N(C(=O)c2cn(-c3cc4c(cc3C(=O)N3Cc5ccccc5C[C@H]3CN3CCN(C)CC3)OCO4)c3ccccc23)c2ccc3[nH]ccc3c2)cc1. The summed E-state index contributed by atoms with van der Waals surface area (Å²) >= 11 is 0. The normalized spacial score (nSPS) is 16.9. The number of fused-ring (bicyclic) bond motifs is 4. The summed E-state index contributed by atoms with van der Waals surface area (Å²) in [7, 11) is 2.16. The molecule has 5 heterocycles. The zero-order valence-corrected chi connectivity index (χ0v) is 32.2. The third-order valence-electron chi connectivity index (χ3n) is 11.9. The molecule has 10 heteroatoms. The molecule has 0 saturated carbocycles. The number of aromatic amines is 1. The highest BCUT2D eigenvalue weighted by Crippen LogP contribution is 2.40. The van der Waals surface area contributed by atoms with Gasteiger partial charge in [0.1, 0.15) is 0 Å². The van der Waals surface area contributed by atoms with Crippen molar-refractivity contribution in [1.82, 2.24) is 24.3 Å². The number of carbonyl (C=O) groups excluding carboxylic acids is 2. The molecule has 7 aromatic rings. The van der Waals surface area contributed by atoms with Gasteiger partial charge in [-0.05, 0) is 80.1 Å². The molecule has 3 aliphatic rings. The van der Waals surface area contributed by atoms with Crippen molar-refractivity contribution in [3.8, 4) is 17.2 Å². The number of nitrogens with one attached hydrogen (secondary N) is 1. The fraction of sp³-hybridized carbons (Fsp3) is 0.234. The smallest absolute Gasteiger partial charge is 0.265 e. The van der Waals surface area contributed by atoms with Gasteiger partial charge < -0.3 is 28.8 Å². The Balaban J connectivity index is 1.09. The number of ether oxygens (including phenoxy) is 2. The number of para-hydroxylation sites is 1. The van der Waals surface area contributed by atoms with E-state index in [1.165, 1.54) is 5.56 Å². The highest BCUT2D eigenvalue weighted by atomic mass is 16.7. The van der Waals surface area contributed by atoms with Crippen LogP contribution in [-0.2, 0) is 13.0 Å². The van der Waals surface area contributed by atoms with E-state index in [1.54, 1.807) is 4.90 Å². The van der Waals surface area contributed by atoms with Gasteiger partial charge >= 0.3 is 0 Å². The number of H-pyrrole nitrogens is 1. The van der Waals surface area contributed by atoms with Crippen molar-refractivity contribution in [1.29, 1.82) is 0 Å². The third-order valence-corrected chi connectivity index (χ3v) is 11.9. The van der Waals surface area contributed by atoms with E-state index in [-0.39, 0.29) is 24.6 Å². The van der Waals surface area contributed by atoms with Crippen LogP contribution in [0, 0.1) is 6.92 Å². The maximum atomic E-state index is 15.3. The number of hydrogen-bond acceptors (Lipinski definition) is 6. The molecule has 1 N–H and O–H groups in total. The van der Waals surface area contributed by atoms with Crippen molar-refractivity contribution in [3.63, 3.8) is 0 Å². The molecule has 1 fully saturated rings. The van der Waals surface area contributed by atoms with Crippen LogP contribution in [-0.4, -0.2) is 88.7 Å². The first-order valence-electron chi connectivity index (χ1n) is 19.7. The number of piperazine rings is 1. The lowest BCUT2D eigenvalue weighted by molar-refractivity contribution is 0.0535. The number of likely N-dealkylation sites (N-methyl/N-ethyl adjacent to an activating group) is 1. The molecule has 2 amide bonds. The summed E-state index contributed by atoms with van der Waals surface area (Å²) in [5, 5.41) is 1.79. The van der Waals surface area contributed by atoms with Gasteiger partial charge in [0.2, 0.25) is 6.79 Å². The Morgan fingerprint density at radius 1 is 0.789 bits per heavy atom. The molecule has 0 unspecified atom stereocenters. The molecule has 3 aliphatic heterocycles. The van der Waals surface area contributed by atoms with E-state index in [2.05, 4.69) is 51.0 Å². The summed E-state index contributed by atoms with van der Waals surface area (Å²) in [6.07, 6.45) is 4.56. The Morgan fingerprint density at radius 2 is 1.53 bits per heavy atom. The van der Waals surface area contributed by atoms with E-state index in [0.29, 0.717) is 34.9 Å². The first-order chi connectivity index (χ1) is 27.9. The number of aryl methyl sites for hydroxylation is 1. The molecule has 10 nitrogen and oxygen atoms in total. The topological polar surface area (TPSA) is 86.3 Å². The van der Waals surface area contributed by atoms with Gasteiger partial charge in [-0.15, -0.1) is 0 Å². The van der Waals surface area contributed by atoms with Gasteiger partial charge in [0.25, 0.3) is 11.8 Å². The van der Waals surface area contributed by atoms with Crippen LogP contribution in [0.2, 0.25) is 0 Å². The molecule has 0 aliphatic carbocycles. The molecule has 286 valence electrons. The number of hydrogen-bond donors (Lipinski definition) is 1. The Labute approximate surface area is 331 Å². The lowest BCUT2D eigenvalue weighted by atomic mass is 9.92. The van der Waals surface area contributed by atoms with Crippen molar-refractivity contribution in [2.45, 2.75) is 25.9 Å². The molecular formula is C47H44N6O4. The summed E-state index contributed by atoms with van der Waals surface area (Å²) in [5.41, 5.74) is 8.50. The zero-order chi connectivity index (χ0) is 38.6. The maximum absolute atomic E-state index is 15.3. The lowest BCUT2D eigenvalue weighted by Crippen LogP contribution is -2.53. The predicted molar refractivity (Wildman–Crippen MR) is 223 cm³/mol. The minimum Gasteiger partial charge on any atom is -0.454 e. The second kappa shape index (κ2) is 14.3. The maximum Gasteiger partial charge on any atom is 0.265 e. The van der Waals surface area contributed by atoms with Crippen molar-refractivity contribution in [2.24, 2.45) is 0 Å². The quantitative estimate of drug-likeness (QED) is 0.178. The van der Waals surface area contributed by atoms with Crippen molar-refractivity contribution < 1.29 is 19.1 Å². The fourth-order valence-corrected chi connectivity index (χ4v) is 8.70. The van der Waals surface area contributed by atoms with Gasteiger partial charge in [-0.3, -0.25) is 19.4 Å². The van der Waals surface area contributed by atoms with E-state index in [1.807, 2.05) is 109 Å². The van der Waals surface area contributed by atoms with Gasteiger partial charge in [0.05, 0.1) is 22.3 Å². The van der Waals surface area contributed by atoms with Gasteiger partial charge in [-0.25, -0.2) is 0 Å². The van der Waals surface area contributed by atoms with Crippen LogP contribution in [0.25, 0.3) is 27.5 Å². The van der Waals surface area contributed by atoms with Crippen molar-refractivity contribution >= 4 is 45.0 Å². The number of anilines is 2. The third kappa shape index (κ3) is 6.40. The average molecular weight is 757 g/mol. The number of benzene rings is 5. The van der Waals surface area contributed by atoms with Gasteiger partial charge in [-0.1, -0.05) is 60.2 Å². The van der Waals surface area contributed by atoms with Gasteiger partial charge in [0, 0.05) is 91.4 Å². The highest BCUT2D eigenvalue weighted by Gasteiger charge is 2.35. The Bertz CT molecular complexity index is 2650. The Kier molecular flexibility index (Phi) is 8.80. The van der Waals surface area contributed by atoms with Crippen LogP contribution in [0.15, 0.2) is 122 Å². The summed E-state index contributed by atoms with van der Waals surface area (Å²) in [4.78, 5) is 42.4. The summed E-state index contributed by atoms with van der Waals surface area (Å²) in [6.45, 7) is 7.37. The second-order valence-corrected chi connectivity index (χ2v) is 15.5. The summed E-state index contributed by atoms with van der Waals surface area (Å²) in [5.74, 6) is 0.834. The molecule has 10 rings (SSSR count). The summed E-state index contributed by atoms with van der Waals surface area (Å²) < 4.78 is 13.8. The van der Waals surface area contributed by atoms with Crippen LogP contribution in [0.4, 0.5) is 11.4 Å². The molecule has 5 aromatic carbocycles. The molecule has 1 atom stereocenters. The summed E-state index contributed by atoms with van der Waals surface area (Å²) in [6, 6.07) is 36.1. The van der Waals surface area contributed by atoms with E-state index in [0.717, 1.165) is 83.5 Å². The Morgan fingerprint density at radius 3 is 2.35 bits per heavy atom. The number of amides is 2. The zero-order valence-electron chi connectivity index (χ0n) is 32.2. The van der Waals surface area contributed by atoms with Crippen LogP contribution in [0.5, 0.6) is 11.5 Å². The average Bonchev–Trinajstić information content (AvgIpc) is 4.00. The number of nitrogens with zero attached hydrogens (tertiary/aromatic N) is 5. The van der Waals surface area contributed by atoms with Crippen LogP contribution in [0.1, 0.15) is 37.4 Å². The standard InChI is InChI=1S/C47H44N6O4/c1-31-11-13-35(14-12-31)53(36-15-16-41-33(24-36)17-18-48-41)47(55)40-29-52(42-10-6-5-9-38(40)42)43-26-45-44(56-30-57-45)25-39(43)46(54)51-27-34-8-4-3-7-32(34)23-37(51)28-50-21-19-49(2)20-22-50/h3-18,24-26,29,37,48H,19-23,27-28,30H2,1-2H3/t37-/m0/s1. The van der Waals surface area contributed by atoms with Crippen molar-refractivity contribution in [2.75, 3.05) is 51.5 Å². The van der Waals surface area contributed by atoms with E-state index in [9.17, 15) is 0 Å². The second-order valence-electron chi connectivity index (χ2n) is 15.5. The largest absolute Gasteiger partial charge is 0.454 e. The number of carbonyl (C=O) groups is 2. The minimum absolute atomic E-state index is 0.0203. The predicted octanol–water partition coefficient (Wildman–Crippen LogP) is 7.94. The van der Waals surface area contributed by atoms with Crippen LogP contribution >= 0.6 is 0 Å². The van der Waals surface area contributed by atoms with E-state index >= 15 is 9.59 Å². The van der Waals surface area contributed by atoms with Gasteiger partial charge in [0.15, 0.2) is 11.5 Å². The van der Waals surface area contributed by atoms with Crippen LogP contribution in [0.3, 0.4) is 0 Å². The molecule has 2 aromatic heterocycles. The minimum atomic E-state index is -0.183. The Hall–Kier alpha value is -6.36. The lowest BCUT2D eigenvalue weighted by Gasteiger charge is -2.41. The first kappa shape index (κ1) is 35.1. The van der Waals surface area contributed by atoms with E-state index < -0.39 is 0 Å². The van der Waals surface area contributed by atoms with Gasteiger partial charge in [-0.2, -0.15) is 0 Å². The van der Waals surface area contributed by atoms with E-state index in [4.69, 9.17) is 9.47 Å². The number of aromatic nitrogens is 2. The molecule has 0 bridgehead atoms. The highest BCUT2D eigenvalue weighted by molar-refractivity contribution is 6.18. The molecule has 1 saturated heterocycles. The number of rotatable bonds is 7. The monoisotopic (exact) mass is 756 g/mol. The molecular weight excluding hydrogens is 713 g/mol. The first-order valence-corrected chi connectivity index (χ1v) is 19.7. The molecule has 0 radical (unpaired) electrons. The fourth-order valence-electron chi connectivity index (χ4n) is 8.70. The molecule has 57 heavy (non-hydrogen) atoms. The van der Waals surface area contributed by atoms with Crippen molar-refractivity contribution in [3.05, 3.63) is 149 Å².